The lowest BCUT2D eigenvalue weighted by Crippen LogP contribution is -2.38. The van der Waals surface area contributed by atoms with Crippen molar-refractivity contribution in [2.24, 2.45) is 0 Å². The molecule has 3 aromatic heterocycles. The number of benzene rings is 1. The highest BCUT2D eigenvalue weighted by Gasteiger charge is 2.36. The number of hydrogen-bond acceptors (Lipinski definition) is 7. The molecule has 0 bridgehead atoms. The normalized spacial score (nSPS) is 21.8. The SMILES string of the molecule is Cc1nn([C@H]2CCS(=O)(=O)C2)c2nc3c(c(C(=O)N4CCC(c5nc6ccccc6o5)CC4)c12)CCC3. The second kappa shape index (κ2) is 8.37. The van der Waals surface area contributed by atoms with E-state index >= 15 is 0 Å². The first-order chi connectivity index (χ1) is 17.9. The summed E-state index contributed by atoms with van der Waals surface area (Å²) in [6.45, 7) is 3.17. The first kappa shape index (κ1) is 22.9. The zero-order valence-electron chi connectivity index (χ0n) is 20.8. The van der Waals surface area contributed by atoms with Gasteiger partial charge in [0.2, 0.25) is 0 Å². The standard InChI is InChI=1S/C27H29N5O4S/c1-16-23-24(19-5-4-7-20(19)28-25(23)32(30-16)18-11-14-37(34,35)15-18)27(33)31-12-9-17(10-13-31)26-29-21-6-2-3-8-22(21)36-26/h2-3,6,8,17-18H,4-5,7,9-15H2,1H3/t18-/m0/s1. The predicted octanol–water partition coefficient (Wildman–Crippen LogP) is 3.75. The van der Waals surface area contributed by atoms with E-state index in [0.29, 0.717) is 25.2 Å². The van der Waals surface area contributed by atoms with Crippen molar-refractivity contribution < 1.29 is 17.6 Å². The summed E-state index contributed by atoms with van der Waals surface area (Å²) in [4.78, 5) is 25.6. The molecule has 0 unspecified atom stereocenters. The van der Waals surface area contributed by atoms with E-state index < -0.39 is 9.84 Å². The lowest BCUT2D eigenvalue weighted by molar-refractivity contribution is 0.0707. The Morgan fingerprint density at radius 2 is 1.89 bits per heavy atom. The molecular formula is C27H29N5O4S. The highest BCUT2D eigenvalue weighted by atomic mass is 32.2. The zero-order valence-corrected chi connectivity index (χ0v) is 21.6. The quantitative estimate of drug-likeness (QED) is 0.405. The average molecular weight is 520 g/mol. The van der Waals surface area contributed by atoms with Gasteiger partial charge >= 0.3 is 0 Å². The molecule has 0 spiro atoms. The van der Waals surface area contributed by atoms with Crippen molar-refractivity contribution in [3.05, 3.63) is 52.7 Å². The van der Waals surface area contributed by atoms with Gasteiger partial charge in [-0.15, -0.1) is 0 Å². The van der Waals surface area contributed by atoms with Gasteiger partial charge in [0, 0.05) is 24.7 Å². The molecule has 7 rings (SSSR count). The summed E-state index contributed by atoms with van der Waals surface area (Å²) in [5.74, 6) is 1.22. The Kier molecular flexibility index (Phi) is 5.18. The van der Waals surface area contributed by atoms with Crippen LogP contribution >= 0.6 is 0 Å². The lowest BCUT2D eigenvalue weighted by Gasteiger charge is -2.31. The van der Waals surface area contributed by atoms with Gasteiger partial charge in [0.1, 0.15) is 5.52 Å². The van der Waals surface area contributed by atoms with Gasteiger partial charge in [0.05, 0.1) is 34.2 Å². The molecule has 0 saturated carbocycles. The van der Waals surface area contributed by atoms with Crippen molar-refractivity contribution in [1.29, 1.82) is 0 Å². The van der Waals surface area contributed by atoms with Crippen molar-refractivity contribution in [3.63, 3.8) is 0 Å². The molecule has 1 aliphatic carbocycles. The number of oxazole rings is 1. The summed E-state index contributed by atoms with van der Waals surface area (Å²) in [7, 11) is -3.07. The maximum atomic E-state index is 14.1. The number of likely N-dealkylation sites (tertiary alicyclic amines) is 1. The van der Waals surface area contributed by atoms with E-state index in [1.165, 1.54) is 0 Å². The molecule has 5 heterocycles. The monoisotopic (exact) mass is 519 g/mol. The second-order valence-corrected chi connectivity index (χ2v) is 12.9. The van der Waals surface area contributed by atoms with Crippen LogP contribution < -0.4 is 0 Å². The van der Waals surface area contributed by atoms with E-state index in [4.69, 9.17) is 14.5 Å². The summed E-state index contributed by atoms with van der Waals surface area (Å²) >= 11 is 0. The van der Waals surface area contributed by atoms with Crippen LogP contribution in [0.1, 0.15) is 70.8 Å². The van der Waals surface area contributed by atoms with Crippen LogP contribution in [0.4, 0.5) is 0 Å². The first-order valence-electron chi connectivity index (χ1n) is 13.1. The van der Waals surface area contributed by atoms with E-state index in [2.05, 4.69) is 4.98 Å². The van der Waals surface area contributed by atoms with Gasteiger partial charge in [0.25, 0.3) is 5.91 Å². The van der Waals surface area contributed by atoms with Crippen molar-refractivity contribution in [2.45, 2.75) is 57.4 Å². The molecule has 3 aliphatic rings. The molecule has 2 fully saturated rings. The number of piperidine rings is 1. The van der Waals surface area contributed by atoms with E-state index in [1.807, 2.05) is 36.1 Å². The Labute approximate surface area is 214 Å². The molecule has 1 atom stereocenters. The summed E-state index contributed by atoms with van der Waals surface area (Å²) in [5, 5.41) is 5.52. The molecule has 1 amide bonds. The third-order valence-corrected chi connectivity index (χ3v) is 10.0. The molecule has 4 aromatic rings. The minimum absolute atomic E-state index is 0.0308. The van der Waals surface area contributed by atoms with Crippen LogP contribution in [0.2, 0.25) is 0 Å². The van der Waals surface area contributed by atoms with Crippen molar-refractivity contribution in [3.8, 4) is 0 Å². The maximum Gasteiger partial charge on any atom is 0.255 e. The third kappa shape index (κ3) is 3.75. The second-order valence-electron chi connectivity index (χ2n) is 10.6. The minimum Gasteiger partial charge on any atom is -0.440 e. The number of aryl methyl sites for hydroxylation is 2. The number of rotatable bonds is 3. The third-order valence-electron chi connectivity index (χ3n) is 8.25. The number of pyridine rings is 1. The fourth-order valence-electron chi connectivity index (χ4n) is 6.35. The Morgan fingerprint density at radius 1 is 1.08 bits per heavy atom. The molecule has 9 nitrogen and oxygen atoms in total. The maximum absolute atomic E-state index is 14.1. The number of aromatic nitrogens is 4. The molecule has 192 valence electrons. The Balaban J connectivity index is 1.21. The van der Waals surface area contributed by atoms with Gasteiger partial charge < -0.3 is 9.32 Å². The van der Waals surface area contributed by atoms with Crippen LogP contribution in [-0.2, 0) is 22.7 Å². The number of fused-ring (bicyclic) bond motifs is 3. The number of nitrogens with zero attached hydrogens (tertiary/aromatic N) is 5. The molecule has 2 aliphatic heterocycles. The van der Waals surface area contributed by atoms with Gasteiger partial charge in [-0.25, -0.2) is 23.1 Å². The van der Waals surface area contributed by atoms with Crippen LogP contribution in [0.3, 0.4) is 0 Å². The number of para-hydroxylation sites is 2. The number of carbonyl (C=O) groups excluding carboxylic acids is 1. The summed E-state index contributed by atoms with van der Waals surface area (Å²) in [6.07, 6.45) is 4.77. The molecule has 10 heteroatoms. The number of amides is 1. The molecule has 2 saturated heterocycles. The Bertz CT molecular complexity index is 1630. The molecule has 37 heavy (non-hydrogen) atoms. The Morgan fingerprint density at radius 3 is 2.65 bits per heavy atom. The Hall–Kier alpha value is -3.27. The van der Waals surface area contributed by atoms with Crippen LogP contribution in [0.15, 0.2) is 28.7 Å². The fraction of sp³-hybridized carbons (Fsp3) is 0.481. The first-order valence-corrected chi connectivity index (χ1v) is 15.0. The van der Waals surface area contributed by atoms with Crippen LogP contribution in [-0.4, -0.2) is 63.6 Å². The summed E-state index contributed by atoms with van der Waals surface area (Å²) in [5.41, 5.74) is 5.79. The van der Waals surface area contributed by atoms with E-state index in [-0.39, 0.29) is 29.4 Å². The molecule has 1 aromatic carbocycles. The van der Waals surface area contributed by atoms with Crippen LogP contribution in [0, 0.1) is 6.92 Å². The number of sulfone groups is 1. The molecular weight excluding hydrogens is 490 g/mol. The topological polar surface area (TPSA) is 111 Å². The summed E-state index contributed by atoms with van der Waals surface area (Å²) < 4.78 is 32.1. The molecule has 0 N–H and O–H groups in total. The highest BCUT2D eigenvalue weighted by molar-refractivity contribution is 7.91. The van der Waals surface area contributed by atoms with Crippen molar-refractivity contribution >= 4 is 37.9 Å². The predicted molar refractivity (Wildman–Crippen MR) is 138 cm³/mol. The van der Waals surface area contributed by atoms with Gasteiger partial charge in [-0.2, -0.15) is 5.10 Å². The number of hydrogen-bond donors (Lipinski definition) is 0. The van der Waals surface area contributed by atoms with Crippen LogP contribution in [0.25, 0.3) is 22.1 Å². The summed E-state index contributed by atoms with van der Waals surface area (Å²) in [6, 6.07) is 7.56. The van der Waals surface area contributed by atoms with Crippen molar-refractivity contribution in [1.82, 2.24) is 24.6 Å². The minimum atomic E-state index is -3.07. The van der Waals surface area contributed by atoms with E-state index in [0.717, 1.165) is 77.0 Å². The molecule has 0 radical (unpaired) electrons. The van der Waals surface area contributed by atoms with Crippen LogP contribution in [0.5, 0.6) is 0 Å². The highest BCUT2D eigenvalue weighted by Crippen LogP contribution is 2.37. The van der Waals surface area contributed by atoms with Gasteiger partial charge in [-0.05, 0) is 63.1 Å². The van der Waals surface area contributed by atoms with E-state index in [9.17, 15) is 13.2 Å². The fourth-order valence-corrected chi connectivity index (χ4v) is 8.04. The average Bonchev–Trinajstić information content (AvgIpc) is 3.67. The van der Waals surface area contributed by atoms with E-state index in [1.54, 1.807) is 4.68 Å². The largest absolute Gasteiger partial charge is 0.440 e. The van der Waals surface area contributed by atoms with Crippen molar-refractivity contribution in [2.75, 3.05) is 24.6 Å². The lowest BCUT2D eigenvalue weighted by atomic mass is 9.95. The van der Waals surface area contributed by atoms with Gasteiger partial charge in [0.15, 0.2) is 27.0 Å². The smallest absolute Gasteiger partial charge is 0.255 e. The zero-order chi connectivity index (χ0) is 25.3. The van der Waals surface area contributed by atoms with Gasteiger partial charge in [-0.1, -0.05) is 12.1 Å². The van der Waals surface area contributed by atoms with Gasteiger partial charge in [-0.3, -0.25) is 4.79 Å². The number of carbonyl (C=O) groups is 1.